The van der Waals surface area contributed by atoms with Crippen molar-refractivity contribution in [2.45, 2.75) is 39.0 Å². The standard InChI is InChI=1S/C21H28N2O4/c1-16(24)18-8-5-9-19(14-18)27-15-20(25)22-10-12-23(13-11-22)21(26)17-6-3-2-4-7-17/h5,8-9,14,17H,2-4,6-7,10-13,15H2,1H3. The van der Waals surface area contributed by atoms with Crippen LogP contribution < -0.4 is 4.74 Å². The minimum Gasteiger partial charge on any atom is -0.484 e. The van der Waals surface area contributed by atoms with E-state index in [2.05, 4.69) is 0 Å². The van der Waals surface area contributed by atoms with Crippen molar-refractivity contribution in [2.24, 2.45) is 5.92 Å². The lowest BCUT2D eigenvalue weighted by Gasteiger charge is -2.37. The third-order valence-corrected chi connectivity index (χ3v) is 5.50. The quantitative estimate of drug-likeness (QED) is 0.745. The summed E-state index contributed by atoms with van der Waals surface area (Å²) in [4.78, 5) is 40.1. The predicted octanol–water partition coefficient (Wildman–Crippen LogP) is 2.52. The molecule has 2 fully saturated rings. The average Bonchev–Trinajstić information content (AvgIpc) is 2.72. The molecule has 1 aliphatic heterocycles. The van der Waals surface area contributed by atoms with Gasteiger partial charge in [0.2, 0.25) is 5.91 Å². The number of carbonyl (C=O) groups is 3. The van der Waals surface area contributed by atoms with Crippen LogP contribution in [0.1, 0.15) is 49.4 Å². The van der Waals surface area contributed by atoms with E-state index in [9.17, 15) is 14.4 Å². The maximum atomic E-state index is 12.6. The van der Waals surface area contributed by atoms with Crippen LogP contribution in [0.25, 0.3) is 0 Å². The Labute approximate surface area is 160 Å². The van der Waals surface area contributed by atoms with E-state index >= 15 is 0 Å². The normalized spacial score (nSPS) is 18.3. The van der Waals surface area contributed by atoms with Crippen LogP contribution in [-0.4, -0.2) is 60.2 Å². The summed E-state index contributed by atoms with van der Waals surface area (Å²) in [6.45, 7) is 3.74. The van der Waals surface area contributed by atoms with Crippen LogP contribution in [0.2, 0.25) is 0 Å². The zero-order valence-electron chi connectivity index (χ0n) is 16.0. The van der Waals surface area contributed by atoms with E-state index < -0.39 is 0 Å². The molecule has 146 valence electrons. The summed E-state index contributed by atoms with van der Waals surface area (Å²) in [6.07, 6.45) is 5.55. The van der Waals surface area contributed by atoms with Crippen LogP contribution in [0.5, 0.6) is 5.75 Å². The fourth-order valence-corrected chi connectivity index (χ4v) is 3.83. The van der Waals surface area contributed by atoms with Gasteiger partial charge in [-0.2, -0.15) is 0 Å². The lowest BCUT2D eigenvalue weighted by Crippen LogP contribution is -2.53. The molecule has 1 aliphatic carbocycles. The molecule has 0 bridgehead atoms. The van der Waals surface area contributed by atoms with E-state index in [0.717, 1.165) is 25.7 Å². The van der Waals surface area contributed by atoms with E-state index in [1.165, 1.54) is 13.3 Å². The van der Waals surface area contributed by atoms with E-state index in [4.69, 9.17) is 4.74 Å². The van der Waals surface area contributed by atoms with Crippen LogP contribution >= 0.6 is 0 Å². The molecular formula is C21H28N2O4. The van der Waals surface area contributed by atoms with Gasteiger partial charge in [-0.3, -0.25) is 14.4 Å². The second-order valence-electron chi connectivity index (χ2n) is 7.41. The van der Waals surface area contributed by atoms with E-state index in [0.29, 0.717) is 37.5 Å². The van der Waals surface area contributed by atoms with E-state index in [-0.39, 0.29) is 30.1 Å². The number of ketones is 1. The first kappa shape index (κ1) is 19.4. The van der Waals surface area contributed by atoms with Gasteiger partial charge < -0.3 is 14.5 Å². The monoisotopic (exact) mass is 372 g/mol. The number of benzene rings is 1. The molecule has 2 amide bonds. The lowest BCUT2D eigenvalue weighted by molar-refractivity contribution is -0.143. The Hall–Kier alpha value is -2.37. The van der Waals surface area contributed by atoms with Crippen molar-refractivity contribution in [3.8, 4) is 5.75 Å². The Morgan fingerprint density at radius 3 is 2.33 bits per heavy atom. The molecule has 0 N–H and O–H groups in total. The number of piperazine rings is 1. The highest BCUT2D eigenvalue weighted by atomic mass is 16.5. The fourth-order valence-electron chi connectivity index (χ4n) is 3.83. The van der Waals surface area contributed by atoms with Gasteiger partial charge in [-0.1, -0.05) is 31.4 Å². The lowest BCUT2D eigenvalue weighted by atomic mass is 9.88. The van der Waals surface area contributed by atoms with Crippen molar-refractivity contribution >= 4 is 17.6 Å². The maximum absolute atomic E-state index is 12.6. The Balaban J connectivity index is 1.45. The average molecular weight is 372 g/mol. The highest BCUT2D eigenvalue weighted by molar-refractivity contribution is 5.94. The summed E-state index contributed by atoms with van der Waals surface area (Å²) in [5, 5.41) is 0. The first-order chi connectivity index (χ1) is 13.0. The van der Waals surface area contributed by atoms with Gasteiger partial charge in [0.25, 0.3) is 5.91 Å². The molecule has 1 aromatic rings. The first-order valence-corrected chi connectivity index (χ1v) is 9.85. The molecule has 0 spiro atoms. The van der Waals surface area contributed by atoms with Crippen molar-refractivity contribution in [2.75, 3.05) is 32.8 Å². The number of amides is 2. The second-order valence-corrected chi connectivity index (χ2v) is 7.41. The van der Waals surface area contributed by atoms with Gasteiger partial charge in [0, 0.05) is 37.7 Å². The summed E-state index contributed by atoms with van der Waals surface area (Å²) < 4.78 is 5.56. The third kappa shape index (κ3) is 5.08. The molecular weight excluding hydrogens is 344 g/mol. The van der Waals surface area contributed by atoms with Gasteiger partial charge >= 0.3 is 0 Å². The van der Waals surface area contributed by atoms with Crippen molar-refractivity contribution in [3.05, 3.63) is 29.8 Å². The molecule has 0 atom stereocenters. The zero-order chi connectivity index (χ0) is 19.2. The number of carbonyl (C=O) groups excluding carboxylic acids is 3. The Kier molecular flexibility index (Phi) is 6.48. The zero-order valence-corrected chi connectivity index (χ0v) is 16.0. The molecule has 0 radical (unpaired) electrons. The fraction of sp³-hybridized carbons (Fsp3) is 0.571. The number of hydrogen-bond acceptors (Lipinski definition) is 4. The molecule has 0 unspecified atom stereocenters. The molecule has 0 aromatic heterocycles. The number of rotatable bonds is 5. The molecule has 1 heterocycles. The molecule has 1 aromatic carbocycles. The summed E-state index contributed by atoms with van der Waals surface area (Å²) in [7, 11) is 0. The summed E-state index contributed by atoms with van der Waals surface area (Å²) >= 11 is 0. The van der Waals surface area contributed by atoms with Gasteiger partial charge in [-0.05, 0) is 31.9 Å². The Morgan fingerprint density at radius 2 is 1.67 bits per heavy atom. The van der Waals surface area contributed by atoms with Gasteiger partial charge in [0.05, 0.1) is 0 Å². The topological polar surface area (TPSA) is 66.9 Å². The molecule has 1 saturated heterocycles. The predicted molar refractivity (Wildman–Crippen MR) is 102 cm³/mol. The van der Waals surface area contributed by atoms with Gasteiger partial charge in [0.15, 0.2) is 12.4 Å². The molecule has 6 nitrogen and oxygen atoms in total. The SMILES string of the molecule is CC(=O)c1cccc(OCC(=O)N2CCN(C(=O)C3CCCCC3)CC2)c1. The van der Waals surface area contributed by atoms with E-state index in [1.807, 2.05) is 4.90 Å². The molecule has 27 heavy (non-hydrogen) atoms. The van der Waals surface area contributed by atoms with Gasteiger partial charge in [0.1, 0.15) is 5.75 Å². The Bertz CT molecular complexity index is 689. The largest absolute Gasteiger partial charge is 0.484 e. The molecule has 6 heteroatoms. The summed E-state index contributed by atoms with van der Waals surface area (Å²) in [5.74, 6) is 0.831. The van der Waals surface area contributed by atoms with Crippen LogP contribution in [0.3, 0.4) is 0 Å². The Morgan fingerprint density at radius 1 is 1.00 bits per heavy atom. The number of nitrogens with zero attached hydrogens (tertiary/aromatic N) is 2. The number of Topliss-reactive ketones (excluding diaryl/α,β-unsaturated/α-hetero) is 1. The van der Waals surface area contributed by atoms with Crippen LogP contribution in [0.15, 0.2) is 24.3 Å². The van der Waals surface area contributed by atoms with Crippen molar-refractivity contribution in [1.29, 1.82) is 0 Å². The number of ether oxygens (including phenoxy) is 1. The van der Waals surface area contributed by atoms with E-state index in [1.54, 1.807) is 29.2 Å². The first-order valence-electron chi connectivity index (χ1n) is 9.85. The van der Waals surface area contributed by atoms with Crippen molar-refractivity contribution < 1.29 is 19.1 Å². The van der Waals surface area contributed by atoms with Gasteiger partial charge in [-0.15, -0.1) is 0 Å². The highest BCUT2D eigenvalue weighted by Gasteiger charge is 2.29. The summed E-state index contributed by atoms with van der Waals surface area (Å²) in [5.41, 5.74) is 0.565. The maximum Gasteiger partial charge on any atom is 0.260 e. The van der Waals surface area contributed by atoms with Crippen LogP contribution in [-0.2, 0) is 9.59 Å². The molecule has 3 rings (SSSR count). The molecule has 1 saturated carbocycles. The number of hydrogen-bond donors (Lipinski definition) is 0. The van der Waals surface area contributed by atoms with Crippen molar-refractivity contribution in [3.63, 3.8) is 0 Å². The highest BCUT2D eigenvalue weighted by Crippen LogP contribution is 2.25. The minimum atomic E-state index is -0.0898. The van der Waals surface area contributed by atoms with Gasteiger partial charge in [-0.25, -0.2) is 0 Å². The van der Waals surface area contributed by atoms with Crippen LogP contribution in [0, 0.1) is 5.92 Å². The second kappa shape index (κ2) is 9.02. The summed E-state index contributed by atoms with van der Waals surface area (Å²) in [6, 6.07) is 6.85. The van der Waals surface area contributed by atoms with Crippen molar-refractivity contribution in [1.82, 2.24) is 9.80 Å². The molecule has 2 aliphatic rings. The minimum absolute atomic E-state index is 0.0365. The third-order valence-electron chi connectivity index (χ3n) is 5.50. The van der Waals surface area contributed by atoms with Crippen LogP contribution in [0.4, 0.5) is 0 Å². The smallest absolute Gasteiger partial charge is 0.260 e.